The number of hydrogen-bond acceptors (Lipinski definition) is 3. The predicted octanol–water partition coefficient (Wildman–Crippen LogP) is 1.63. The Morgan fingerprint density at radius 2 is 2.47 bits per heavy atom. The van der Waals surface area contributed by atoms with Gasteiger partial charge >= 0.3 is 0 Å². The van der Waals surface area contributed by atoms with E-state index in [4.69, 9.17) is 4.74 Å². The quantitative estimate of drug-likeness (QED) is 0.852. The van der Waals surface area contributed by atoms with E-state index in [0.29, 0.717) is 13.0 Å². The van der Waals surface area contributed by atoms with Gasteiger partial charge < -0.3 is 9.64 Å². The third kappa shape index (κ3) is 3.26. The van der Waals surface area contributed by atoms with Crippen LogP contribution >= 0.6 is 15.9 Å². The van der Waals surface area contributed by atoms with Gasteiger partial charge in [-0.2, -0.15) is 0 Å². The molecule has 1 aliphatic rings. The summed E-state index contributed by atoms with van der Waals surface area (Å²) >= 11 is 3.32. The van der Waals surface area contributed by atoms with Gasteiger partial charge in [-0.25, -0.2) is 0 Å². The Morgan fingerprint density at radius 3 is 3.06 bits per heavy atom. The normalized spacial score (nSPS) is 19.6. The molecule has 0 aliphatic carbocycles. The Labute approximate surface area is 109 Å². The first kappa shape index (κ1) is 12.5. The van der Waals surface area contributed by atoms with E-state index in [0.717, 1.165) is 23.1 Å². The number of halogens is 1. The number of aromatic nitrogens is 1. The molecule has 5 heteroatoms. The number of carbonyl (C=O) groups is 1. The molecule has 0 unspecified atom stereocenters. The van der Waals surface area contributed by atoms with Crippen LogP contribution in [0.1, 0.15) is 12.1 Å². The summed E-state index contributed by atoms with van der Waals surface area (Å²) in [7, 11) is 1.69. The summed E-state index contributed by atoms with van der Waals surface area (Å²) in [6.07, 6.45) is 3.20. The fourth-order valence-electron chi connectivity index (χ4n) is 1.92. The Balaban J connectivity index is 1.91. The Hall–Kier alpha value is -0.940. The number of nitrogens with zero attached hydrogens (tertiary/aromatic N) is 2. The van der Waals surface area contributed by atoms with Gasteiger partial charge in [-0.1, -0.05) is 0 Å². The van der Waals surface area contributed by atoms with Gasteiger partial charge in [0.05, 0.1) is 12.5 Å². The van der Waals surface area contributed by atoms with Crippen molar-refractivity contribution in [3.63, 3.8) is 0 Å². The fourth-order valence-corrected chi connectivity index (χ4v) is 2.16. The van der Waals surface area contributed by atoms with Gasteiger partial charge in [-0.3, -0.25) is 9.78 Å². The van der Waals surface area contributed by atoms with Crippen molar-refractivity contribution < 1.29 is 9.53 Å². The first-order chi connectivity index (χ1) is 8.19. The third-order valence-corrected chi connectivity index (χ3v) is 3.42. The Kier molecular flexibility index (Phi) is 4.12. The zero-order valence-electron chi connectivity index (χ0n) is 9.73. The zero-order chi connectivity index (χ0) is 12.3. The molecular weight excluding hydrogens is 284 g/mol. The average molecular weight is 299 g/mol. The smallest absolute Gasteiger partial charge is 0.228 e. The number of ether oxygens (including phenoxy) is 1. The van der Waals surface area contributed by atoms with E-state index in [1.165, 1.54) is 0 Å². The highest BCUT2D eigenvalue weighted by molar-refractivity contribution is 9.10. The van der Waals surface area contributed by atoms with E-state index in [-0.39, 0.29) is 12.0 Å². The number of hydrogen-bond donors (Lipinski definition) is 0. The number of rotatable bonds is 3. The molecule has 17 heavy (non-hydrogen) atoms. The molecule has 2 heterocycles. The van der Waals surface area contributed by atoms with Crippen LogP contribution in [0.4, 0.5) is 0 Å². The molecule has 2 rings (SSSR count). The SMILES string of the molecule is CO[C@H]1CCN(C(=O)Cc2ccc(Br)cn2)C1. The maximum atomic E-state index is 12.0. The van der Waals surface area contributed by atoms with Crippen LogP contribution in [-0.2, 0) is 16.0 Å². The lowest BCUT2D eigenvalue weighted by molar-refractivity contribution is -0.129. The van der Waals surface area contributed by atoms with Crippen molar-refractivity contribution in [2.45, 2.75) is 18.9 Å². The predicted molar refractivity (Wildman–Crippen MR) is 67.6 cm³/mol. The van der Waals surface area contributed by atoms with E-state index in [1.54, 1.807) is 13.3 Å². The van der Waals surface area contributed by atoms with Crippen molar-refractivity contribution in [3.8, 4) is 0 Å². The zero-order valence-corrected chi connectivity index (χ0v) is 11.3. The van der Waals surface area contributed by atoms with Crippen molar-refractivity contribution in [1.82, 2.24) is 9.88 Å². The van der Waals surface area contributed by atoms with E-state index in [9.17, 15) is 4.79 Å². The molecule has 1 aliphatic heterocycles. The summed E-state index contributed by atoms with van der Waals surface area (Å²) in [4.78, 5) is 18.0. The minimum absolute atomic E-state index is 0.124. The van der Waals surface area contributed by atoms with Crippen LogP contribution < -0.4 is 0 Å². The van der Waals surface area contributed by atoms with E-state index in [2.05, 4.69) is 20.9 Å². The first-order valence-electron chi connectivity index (χ1n) is 5.60. The van der Waals surface area contributed by atoms with Gasteiger partial charge in [-0.05, 0) is 34.5 Å². The number of methoxy groups -OCH3 is 1. The van der Waals surface area contributed by atoms with Crippen LogP contribution in [0.15, 0.2) is 22.8 Å². The Bertz CT molecular complexity index is 394. The summed E-state index contributed by atoms with van der Waals surface area (Å²) in [6.45, 7) is 1.49. The lowest BCUT2D eigenvalue weighted by Gasteiger charge is -2.15. The molecule has 4 nitrogen and oxygen atoms in total. The second-order valence-corrected chi connectivity index (χ2v) is 5.05. The highest BCUT2D eigenvalue weighted by Gasteiger charge is 2.25. The van der Waals surface area contributed by atoms with Gasteiger partial charge in [0.15, 0.2) is 0 Å². The molecule has 1 saturated heterocycles. The first-order valence-corrected chi connectivity index (χ1v) is 6.39. The summed E-state index contributed by atoms with van der Waals surface area (Å²) in [6, 6.07) is 3.77. The fraction of sp³-hybridized carbons (Fsp3) is 0.500. The van der Waals surface area contributed by atoms with Crippen LogP contribution in [0.25, 0.3) is 0 Å². The standard InChI is InChI=1S/C12H15BrN2O2/c1-17-11-4-5-15(8-11)12(16)6-10-3-2-9(13)7-14-10/h2-3,7,11H,4-6,8H2,1H3/t11-/m0/s1. The van der Waals surface area contributed by atoms with Gasteiger partial charge in [-0.15, -0.1) is 0 Å². The number of carbonyl (C=O) groups excluding carboxylic acids is 1. The molecular formula is C12H15BrN2O2. The minimum atomic E-state index is 0.124. The van der Waals surface area contributed by atoms with E-state index >= 15 is 0 Å². The molecule has 1 fully saturated rings. The molecule has 92 valence electrons. The minimum Gasteiger partial charge on any atom is -0.380 e. The number of pyridine rings is 1. The van der Waals surface area contributed by atoms with Gasteiger partial charge in [0.1, 0.15) is 0 Å². The van der Waals surface area contributed by atoms with E-state index in [1.807, 2.05) is 17.0 Å². The highest BCUT2D eigenvalue weighted by atomic mass is 79.9. The average Bonchev–Trinajstić information content (AvgIpc) is 2.81. The lowest BCUT2D eigenvalue weighted by atomic mass is 10.2. The van der Waals surface area contributed by atoms with Crippen molar-refractivity contribution in [1.29, 1.82) is 0 Å². The van der Waals surface area contributed by atoms with Crippen LogP contribution in [0.3, 0.4) is 0 Å². The monoisotopic (exact) mass is 298 g/mol. The van der Waals surface area contributed by atoms with Gasteiger partial charge in [0, 0.05) is 36.6 Å². The largest absolute Gasteiger partial charge is 0.380 e. The van der Waals surface area contributed by atoms with Gasteiger partial charge in [0.25, 0.3) is 0 Å². The molecule has 0 spiro atoms. The third-order valence-electron chi connectivity index (χ3n) is 2.95. The van der Waals surface area contributed by atoms with Gasteiger partial charge in [0.2, 0.25) is 5.91 Å². The number of likely N-dealkylation sites (tertiary alicyclic amines) is 1. The summed E-state index contributed by atoms with van der Waals surface area (Å²) in [5.74, 6) is 0.124. The summed E-state index contributed by atoms with van der Waals surface area (Å²) in [5.41, 5.74) is 0.805. The number of amides is 1. The maximum Gasteiger partial charge on any atom is 0.228 e. The van der Waals surface area contributed by atoms with Crippen LogP contribution in [0, 0.1) is 0 Å². The van der Waals surface area contributed by atoms with Crippen molar-refractivity contribution >= 4 is 21.8 Å². The van der Waals surface area contributed by atoms with Crippen molar-refractivity contribution in [2.24, 2.45) is 0 Å². The molecule has 0 aromatic carbocycles. The topological polar surface area (TPSA) is 42.4 Å². The second kappa shape index (κ2) is 5.60. The molecule has 0 radical (unpaired) electrons. The summed E-state index contributed by atoms with van der Waals surface area (Å²) in [5, 5.41) is 0. The Morgan fingerprint density at radius 1 is 1.65 bits per heavy atom. The lowest BCUT2D eigenvalue weighted by Crippen LogP contribution is -2.31. The molecule has 1 aromatic heterocycles. The van der Waals surface area contributed by atoms with Crippen LogP contribution in [0.2, 0.25) is 0 Å². The van der Waals surface area contributed by atoms with Crippen molar-refractivity contribution in [3.05, 3.63) is 28.5 Å². The molecule has 0 saturated carbocycles. The van der Waals surface area contributed by atoms with Crippen molar-refractivity contribution in [2.75, 3.05) is 20.2 Å². The molecule has 1 aromatic rings. The van der Waals surface area contributed by atoms with Crippen LogP contribution in [-0.4, -0.2) is 42.1 Å². The van der Waals surface area contributed by atoms with Crippen LogP contribution in [0.5, 0.6) is 0 Å². The molecule has 1 amide bonds. The molecule has 0 bridgehead atoms. The second-order valence-electron chi connectivity index (χ2n) is 4.13. The summed E-state index contributed by atoms with van der Waals surface area (Å²) < 4.78 is 6.17. The maximum absolute atomic E-state index is 12.0. The molecule has 0 N–H and O–H groups in total. The molecule has 1 atom stereocenters. The highest BCUT2D eigenvalue weighted by Crippen LogP contribution is 2.14. The van der Waals surface area contributed by atoms with E-state index < -0.39 is 0 Å².